The molecule has 1 unspecified atom stereocenters. The van der Waals surface area contributed by atoms with Crippen LogP contribution < -0.4 is 5.32 Å². The SMILES string of the molecule is Cc1occc1C(=O)N1CCNCC1c1cccnc1.Cl. The first-order valence-corrected chi connectivity index (χ1v) is 6.73. The van der Waals surface area contributed by atoms with E-state index in [0.29, 0.717) is 17.9 Å². The summed E-state index contributed by atoms with van der Waals surface area (Å²) in [5.41, 5.74) is 1.69. The number of hydrogen-bond acceptors (Lipinski definition) is 4. The van der Waals surface area contributed by atoms with Gasteiger partial charge >= 0.3 is 0 Å². The summed E-state index contributed by atoms with van der Waals surface area (Å²) >= 11 is 0. The van der Waals surface area contributed by atoms with E-state index >= 15 is 0 Å². The molecule has 1 N–H and O–H groups in total. The highest BCUT2D eigenvalue weighted by Gasteiger charge is 2.29. The molecule has 1 aliphatic heterocycles. The summed E-state index contributed by atoms with van der Waals surface area (Å²) in [6.07, 6.45) is 5.12. The van der Waals surface area contributed by atoms with Crippen LogP contribution in [0.1, 0.15) is 27.7 Å². The Morgan fingerprint density at radius 3 is 3.00 bits per heavy atom. The fourth-order valence-corrected chi connectivity index (χ4v) is 2.58. The molecule has 1 amide bonds. The van der Waals surface area contributed by atoms with Gasteiger partial charge in [0.1, 0.15) is 5.76 Å². The first kappa shape index (κ1) is 15.5. The van der Waals surface area contributed by atoms with Gasteiger partial charge in [0.05, 0.1) is 17.9 Å². The lowest BCUT2D eigenvalue weighted by molar-refractivity contribution is 0.0632. The second kappa shape index (κ2) is 6.74. The second-order valence-electron chi connectivity index (χ2n) is 4.90. The topological polar surface area (TPSA) is 58.4 Å². The van der Waals surface area contributed by atoms with Gasteiger partial charge in [0, 0.05) is 32.0 Å². The molecular weight excluding hydrogens is 290 g/mol. The quantitative estimate of drug-likeness (QED) is 0.924. The summed E-state index contributed by atoms with van der Waals surface area (Å²) in [5.74, 6) is 0.685. The predicted octanol–water partition coefficient (Wildman–Crippen LogP) is 2.19. The molecule has 3 heterocycles. The van der Waals surface area contributed by atoms with Crippen LogP contribution in [0.3, 0.4) is 0 Å². The van der Waals surface area contributed by atoms with E-state index in [-0.39, 0.29) is 24.4 Å². The molecule has 0 radical (unpaired) electrons. The van der Waals surface area contributed by atoms with Crippen LogP contribution >= 0.6 is 12.4 Å². The van der Waals surface area contributed by atoms with Crippen molar-refractivity contribution in [2.45, 2.75) is 13.0 Å². The first-order chi connectivity index (χ1) is 9.77. The second-order valence-corrected chi connectivity index (χ2v) is 4.90. The van der Waals surface area contributed by atoms with E-state index in [0.717, 1.165) is 18.7 Å². The van der Waals surface area contributed by atoms with Crippen molar-refractivity contribution in [1.82, 2.24) is 15.2 Å². The van der Waals surface area contributed by atoms with E-state index in [1.807, 2.05) is 30.2 Å². The predicted molar refractivity (Wildman–Crippen MR) is 81.6 cm³/mol. The average molecular weight is 308 g/mol. The van der Waals surface area contributed by atoms with Crippen molar-refractivity contribution in [3.63, 3.8) is 0 Å². The number of furan rings is 1. The highest BCUT2D eigenvalue weighted by atomic mass is 35.5. The van der Waals surface area contributed by atoms with Crippen molar-refractivity contribution in [3.8, 4) is 0 Å². The number of aromatic nitrogens is 1. The Labute approximate surface area is 129 Å². The summed E-state index contributed by atoms with van der Waals surface area (Å²) in [6, 6.07) is 5.65. The number of rotatable bonds is 2. The van der Waals surface area contributed by atoms with Gasteiger partial charge < -0.3 is 14.6 Å². The maximum atomic E-state index is 12.7. The molecule has 0 spiro atoms. The number of halogens is 1. The normalized spacial score (nSPS) is 18.1. The third-order valence-corrected chi connectivity index (χ3v) is 3.66. The van der Waals surface area contributed by atoms with Crippen molar-refractivity contribution in [2.24, 2.45) is 0 Å². The van der Waals surface area contributed by atoms with Crippen LogP contribution in [0.15, 0.2) is 41.3 Å². The van der Waals surface area contributed by atoms with Crippen LogP contribution in [0, 0.1) is 6.92 Å². The lowest BCUT2D eigenvalue weighted by Crippen LogP contribution is -2.48. The smallest absolute Gasteiger partial charge is 0.257 e. The van der Waals surface area contributed by atoms with Crippen molar-refractivity contribution in [2.75, 3.05) is 19.6 Å². The Morgan fingerprint density at radius 1 is 1.48 bits per heavy atom. The van der Waals surface area contributed by atoms with Gasteiger partial charge in [-0.25, -0.2) is 0 Å². The van der Waals surface area contributed by atoms with Gasteiger partial charge in [-0.05, 0) is 24.6 Å². The minimum absolute atomic E-state index is 0. The minimum atomic E-state index is 0. The van der Waals surface area contributed by atoms with Gasteiger partial charge in [0.2, 0.25) is 0 Å². The lowest BCUT2D eigenvalue weighted by Gasteiger charge is -2.36. The van der Waals surface area contributed by atoms with Gasteiger partial charge in [-0.2, -0.15) is 0 Å². The van der Waals surface area contributed by atoms with Gasteiger partial charge in [0.15, 0.2) is 0 Å². The zero-order chi connectivity index (χ0) is 13.9. The number of nitrogens with one attached hydrogen (secondary N) is 1. The molecule has 2 aromatic heterocycles. The summed E-state index contributed by atoms with van der Waals surface area (Å²) in [6.45, 7) is 4.05. The van der Waals surface area contributed by atoms with Crippen molar-refractivity contribution < 1.29 is 9.21 Å². The Kier molecular flexibility index (Phi) is 4.98. The minimum Gasteiger partial charge on any atom is -0.469 e. The van der Waals surface area contributed by atoms with Crippen LogP contribution in [-0.4, -0.2) is 35.4 Å². The Bertz CT molecular complexity index is 600. The summed E-state index contributed by atoms with van der Waals surface area (Å²) < 4.78 is 5.24. The van der Waals surface area contributed by atoms with Crippen LogP contribution in [0.4, 0.5) is 0 Å². The molecule has 112 valence electrons. The van der Waals surface area contributed by atoms with Gasteiger partial charge in [-0.3, -0.25) is 9.78 Å². The highest BCUT2D eigenvalue weighted by Crippen LogP contribution is 2.24. The van der Waals surface area contributed by atoms with Crippen molar-refractivity contribution in [3.05, 3.63) is 53.7 Å². The Hall–Kier alpha value is -1.85. The van der Waals surface area contributed by atoms with Crippen LogP contribution in [-0.2, 0) is 0 Å². The zero-order valence-corrected chi connectivity index (χ0v) is 12.6. The number of carbonyl (C=O) groups is 1. The molecule has 1 aliphatic rings. The molecule has 1 saturated heterocycles. The molecule has 1 atom stereocenters. The van der Waals surface area contributed by atoms with Gasteiger partial charge in [-0.15, -0.1) is 12.4 Å². The number of piperazine rings is 1. The van der Waals surface area contributed by atoms with Crippen LogP contribution in [0.25, 0.3) is 0 Å². The van der Waals surface area contributed by atoms with E-state index in [1.165, 1.54) is 0 Å². The number of aryl methyl sites for hydroxylation is 1. The van der Waals surface area contributed by atoms with Crippen molar-refractivity contribution in [1.29, 1.82) is 0 Å². The Balaban J connectivity index is 0.00000161. The standard InChI is InChI=1S/C15H17N3O2.ClH/c1-11-13(4-8-20-11)15(19)18-7-6-17-10-14(18)12-3-2-5-16-9-12;/h2-5,8-9,14,17H,6-7,10H2,1H3;1H. The molecule has 1 fully saturated rings. The van der Waals surface area contributed by atoms with E-state index in [9.17, 15) is 4.79 Å². The summed E-state index contributed by atoms with van der Waals surface area (Å²) in [7, 11) is 0. The Morgan fingerprint density at radius 2 is 2.33 bits per heavy atom. The zero-order valence-electron chi connectivity index (χ0n) is 11.8. The largest absolute Gasteiger partial charge is 0.469 e. The number of amides is 1. The average Bonchev–Trinajstić information content (AvgIpc) is 2.93. The molecule has 0 aromatic carbocycles. The third kappa shape index (κ3) is 3.09. The molecule has 5 nitrogen and oxygen atoms in total. The molecule has 6 heteroatoms. The monoisotopic (exact) mass is 307 g/mol. The molecule has 2 aromatic rings. The molecule has 21 heavy (non-hydrogen) atoms. The number of carbonyl (C=O) groups excluding carboxylic acids is 1. The maximum Gasteiger partial charge on any atom is 0.257 e. The van der Waals surface area contributed by atoms with Gasteiger partial charge in [0.25, 0.3) is 5.91 Å². The molecule has 0 aliphatic carbocycles. The van der Waals surface area contributed by atoms with E-state index in [2.05, 4.69) is 10.3 Å². The van der Waals surface area contributed by atoms with Crippen LogP contribution in [0.5, 0.6) is 0 Å². The van der Waals surface area contributed by atoms with Gasteiger partial charge in [-0.1, -0.05) is 6.07 Å². The maximum absolute atomic E-state index is 12.7. The number of hydrogen-bond donors (Lipinski definition) is 1. The van der Waals surface area contributed by atoms with E-state index in [1.54, 1.807) is 18.5 Å². The number of pyridine rings is 1. The highest BCUT2D eigenvalue weighted by molar-refractivity contribution is 5.95. The van der Waals surface area contributed by atoms with E-state index in [4.69, 9.17) is 4.42 Å². The third-order valence-electron chi connectivity index (χ3n) is 3.66. The summed E-state index contributed by atoms with van der Waals surface area (Å²) in [5, 5.41) is 3.33. The number of nitrogens with zero attached hydrogens (tertiary/aromatic N) is 2. The van der Waals surface area contributed by atoms with Crippen molar-refractivity contribution >= 4 is 18.3 Å². The fraction of sp³-hybridized carbons (Fsp3) is 0.333. The van der Waals surface area contributed by atoms with E-state index < -0.39 is 0 Å². The fourth-order valence-electron chi connectivity index (χ4n) is 2.58. The molecule has 0 bridgehead atoms. The summed E-state index contributed by atoms with van der Waals surface area (Å²) in [4.78, 5) is 18.7. The molecule has 3 rings (SSSR count). The lowest BCUT2D eigenvalue weighted by atomic mass is 10.0. The molecular formula is C15H18ClN3O2. The molecule has 0 saturated carbocycles. The van der Waals surface area contributed by atoms with Crippen LogP contribution in [0.2, 0.25) is 0 Å². The first-order valence-electron chi connectivity index (χ1n) is 6.73.